The number of sulfonamides is 1. The van der Waals surface area contributed by atoms with Crippen LogP contribution in [-0.2, 0) is 43.6 Å². The predicted octanol–water partition coefficient (Wildman–Crippen LogP) is 20.6. The van der Waals surface area contributed by atoms with Crippen molar-refractivity contribution >= 4 is 198 Å². The topological polar surface area (TPSA) is 406 Å². The number of nitrogens with zero attached hydrogens (tertiary/aromatic N) is 9. The fourth-order valence-electron chi connectivity index (χ4n) is 19.0. The lowest BCUT2D eigenvalue weighted by Gasteiger charge is -2.57. The average Bonchev–Trinajstić information content (AvgIpc) is 1.28. The van der Waals surface area contributed by atoms with E-state index >= 15 is 0 Å². The Morgan fingerprint density at radius 2 is 0.664 bits per heavy atom. The van der Waals surface area contributed by atoms with E-state index < -0.39 is 64.0 Å². The molecular formula is C107H94Cl6N10O19S. The van der Waals surface area contributed by atoms with Gasteiger partial charge >= 0.3 is 0 Å². The molecule has 4 saturated carbocycles. The van der Waals surface area contributed by atoms with Crippen LogP contribution in [0.5, 0.6) is 0 Å². The zero-order chi connectivity index (χ0) is 103. The molecule has 8 aliphatic rings. The van der Waals surface area contributed by atoms with Gasteiger partial charge in [0, 0.05) is 190 Å². The highest BCUT2D eigenvalue weighted by Gasteiger charge is 2.62. The monoisotopic (exact) mass is 2060 g/mol. The Morgan fingerprint density at radius 1 is 0.392 bits per heavy atom. The van der Waals surface area contributed by atoms with E-state index in [9.17, 15) is 92.3 Å². The second kappa shape index (κ2) is 44.3. The van der Waals surface area contributed by atoms with Gasteiger partial charge in [0.15, 0.2) is 23.1 Å². The van der Waals surface area contributed by atoms with E-state index in [0.29, 0.717) is 202 Å². The van der Waals surface area contributed by atoms with Crippen LogP contribution in [0.2, 0.25) is 30.1 Å². The highest BCUT2D eigenvalue weighted by atomic mass is 35.5. The van der Waals surface area contributed by atoms with Crippen LogP contribution in [0.4, 0.5) is 22.7 Å². The summed E-state index contributed by atoms with van der Waals surface area (Å²) in [4.78, 5) is 152. The Labute approximate surface area is 853 Å². The van der Waals surface area contributed by atoms with Gasteiger partial charge < -0.3 is 30.4 Å². The van der Waals surface area contributed by atoms with Crippen molar-refractivity contribution in [1.82, 2.24) is 23.9 Å². The van der Waals surface area contributed by atoms with E-state index in [-0.39, 0.29) is 74.4 Å². The van der Waals surface area contributed by atoms with Crippen molar-refractivity contribution in [2.45, 2.75) is 69.7 Å². The maximum atomic E-state index is 13.6. The van der Waals surface area contributed by atoms with Crippen molar-refractivity contribution in [3.63, 3.8) is 0 Å². The molecule has 1 atom stereocenters. The van der Waals surface area contributed by atoms with Crippen LogP contribution in [0.15, 0.2) is 281 Å². The Balaban J connectivity index is 0.000000154. The predicted molar refractivity (Wildman–Crippen MR) is 552 cm³/mol. The number of carbonyl (C=O) groups is 8. The average molecular weight is 2070 g/mol. The summed E-state index contributed by atoms with van der Waals surface area (Å²) >= 11 is 36.2. The molecule has 0 aromatic heterocycles. The molecule has 4 aliphatic carbocycles. The lowest BCUT2D eigenvalue weighted by molar-refractivity contribution is -0.385. The molecule has 3 N–H and O–H groups in total. The van der Waals surface area contributed by atoms with Crippen molar-refractivity contribution in [3.05, 3.63) is 397 Å². The number of nitro benzene ring substituents is 4. The molecule has 4 spiro atoms. The van der Waals surface area contributed by atoms with Gasteiger partial charge in [-0.15, -0.1) is 0 Å². The van der Waals surface area contributed by atoms with E-state index in [1.807, 2.05) is 62.4 Å². The third kappa shape index (κ3) is 22.2. The molecule has 4 saturated heterocycles. The molecule has 29 nitrogen and oxygen atoms in total. The molecular weight excluding hydrogens is 1970 g/mol. The van der Waals surface area contributed by atoms with Gasteiger partial charge in [-0.2, -0.15) is 4.31 Å². The third-order valence-electron chi connectivity index (χ3n) is 26.8. The Kier molecular flexibility index (Phi) is 32.5. The highest BCUT2D eigenvalue weighted by molar-refractivity contribution is 7.89. The lowest BCUT2D eigenvalue weighted by atomic mass is 9.54. The fourth-order valence-corrected chi connectivity index (χ4v) is 21.5. The zero-order valence-electron chi connectivity index (χ0n) is 77.2. The van der Waals surface area contributed by atoms with Crippen LogP contribution in [0.25, 0.3) is 48.6 Å². The molecule has 4 heterocycles. The van der Waals surface area contributed by atoms with Gasteiger partial charge in [-0.3, -0.25) is 78.8 Å². The van der Waals surface area contributed by atoms with Gasteiger partial charge in [0.2, 0.25) is 27.7 Å². The number of non-ortho nitro benzene ring substituents is 4. The number of hydrogen-bond acceptors (Lipinski definition) is 20. The molecule has 9 aromatic rings. The summed E-state index contributed by atoms with van der Waals surface area (Å²) in [5.41, 5.74) is 14.3. The Bertz CT molecular complexity index is 6740. The van der Waals surface area contributed by atoms with E-state index in [1.165, 1.54) is 89.3 Å². The second-order valence-electron chi connectivity index (χ2n) is 35.4. The lowest BCUT2D eigenvalue weighted by Crippen LogP contribution is -2.66. The van der Waals surface area contributed by atoms with E-state index in [2.05, 4.69) is 13.2 Å². The molecule has 0 radical (unpaired) electrons. The van der Waals surface area contributed by atoms with Crippen molar-refractivity contribution < 1.29 is 71.6 Å². The molecule has 734 valence electrons. The number of rotatable bonds is 23. The number of amides is 4. The van der Waals surface area contributed by atoms with E-state index in [1.54, 1.807) is 153 Å². The van der Waals surface area contributed by atoms with Crippen molar-refractivity contribution in [2.24, 2.45) is 27.4 Å². The number of ketones is 4. The number of allylic oxidation sites excluding steroid dienone is 4. The zero-order valence-corrected chi connectivity index (χ0v) is 82.5. The molecule has 4 amide bonds. The maximum absolute atomic E-state index is 13.6. The van der Waals surface area contributed by atoms with E-state index in [0.717, 1.165) is 33.4 Å². The standard InChI is InChI=1S/C35H36N4O8S.C25H24N4O7.C24H19Cl2NO2.C23H15Cl4NO2/c1-3-19-37(20-4-2)48(46,47)30-15-9-27(10-16-30)34(41)36-21-17-35(18-22-36)31(23-25-5-11-28(12-6-25)38(42)43)33(40)32(35)24-26-7-13-29(14-8-26)39(44)45;26-22(15-30)24(32)27-11-9-25(10-12-27)20(13-16-1-5-18(6-2-16)28(33)34)23(31)21(25)14-17-3-7-19(8-4-17)29(35)36;1-2-22(28)27-12-11-24(15-27)20(13-16-3-7-18(25)8-4-16)23(29)21(24)14-17-5-9-19(26)10-6-17;1-2-21(29)28-11-23(12-28)15(7-13-3-5-17(24)19(26)9-13)22(30)16(23)8-14-4-6-18(25)20(27)10-14/h5-16,23-24H,3-4,17-22H2,1-2H3;1-8,13-14,22,30H,9-12,15,26H2;2-10,13-14H,1,11-12,15H2;2-10H,1,11-12H2/b31-23-,32-24-;2*20-13-,21-14-;15-7-,16-8-. The quantitative estimate of drug-likeness (QED) is 0.0341. The minimum atomic E-state index is -3.69. The van der Waals surface area contributed by atoms with Crippen LogP contribution >= 0.6 is 69.6 Å². The molecule has 8 fully saturated rings. The van der Waals surface area contributed by atoms with Crippen LogP contribution in [0.1, 0.15) is 114 Å². The maximum Gasteiger partial charge on any atom is 0.269 e. The molecule has 1 unspecified atom stereocenters. The number of halogens is 6. The SMILES string of the molecule is C=CC(=O)N1CC2(C1)/C(=C\c1ccc(Cl)c(Cl)c1)C(=O)/C2=C/c1ccc(Cl)c(Cl)c1.C=CC(=O)N1CCC2(C1)/C(=C\c1ccc(Cl)cc1)C(=O)/C2=C/c1ccc(Cl)cc1.CCCN(CCC)S(=O)(=O)c1ccc(C(=O)N2CCC3(CC2)/C(=C\c2ccc([N+](=O)[O-])cc2)C(=O)/C3=C/c2ccc([N+](=O)[O-])cc2)cc1.NC(CO)C(=O)N1CCC2(CC1)/C(=C\c1ccc([N+](=O)[O-])cc1)C(=O)/C2=C/c1ccc([N+](=O)[O-])cc1. The smallest absolute Gasteiger partial charge is 0.269 e. The molecule has 143 heavy (non-hydrogen) atoms. The number of hydrogen-bond donors (Lipinski definition) is 2. The largest absolute Gasteiger partial charge is 0.394 e. The van der Waals surface area contributed by atoms with Gasteiger partial charge in [0.25, 0.3) is 28.7 Å². The van der Waals surface area contributed by atoms with Gasteiger partial charge in [-0.25, -0.2) is 8.42 Å². The first-order valence-corrected chi connectivity index (χ1v) is 49.2. The van der Waals surface area contributed by atoms with Crippen molar-refractivity contribution in [3.8, 4) is 0 Å². The molecule has 0 bridgehead atoms. The summed E-state index contributed by atoms with van der Waals surface area (Å²) in [6.45, 7) is 14.5. The van der Waals surface area contributed by atoms with Crippen LogP contribution in [0.3, 0.4) is 0 Å². The number of aliphatic hydroxyl groups is 1. The minimum absolute atomic E-state index is 0.0165. The Morgan fingerprint density at radius 3 is 0.972 bits per heavy atom. The van der Waals surface area contributed by atoms with Gasteiger partial charge in [-0.05, 0) is 272 Å². The highest BCUT2D eigenvalue weighted by Crippen LogP contribution is 2.60. The number of nitrogens with two attached hydrogens (primary N) is 1. The summed E-state index contributed by atoms with van der Waals surface area (Å²) in [7, 11) is -3.69. The minimum Gasteiger partial charge on any atom is -0.394 e. The molecule has 9 aromatic carbocycles. The second-order valence-corrected chi connectivity index (χ2v) is 39.8. The molecule has 17 rings (SSSR count). The number of Topliss-reactive ketones (excluding diaryl/α,β-unsaturated/α-hetero) is 4. The van der Waals surface area contributed by atoms with Crippen LogP contribution < -0.4 is 5.73 Å². The number of benzene rings is 9. The first-order chi connectivity index (χ1) is 68.2. The summed E-state index contributed by atoms with van der Waals surface area (Å²) in [5, 5.41) is 56.4. The van der Waals surface area contributed by atoms with Crippen molar-refractivity contribution in [2.75, 3.05) is 72.1 Å². The van der Waals surface area contributed by atoms with Crippen LogP contribution in [0, 0.1) is 62.1 Å². The third-order valence-corrected chi connectivity index (χ3v) is 30.7. The number of carbonyl (C=O) groups excluding carboxylic acids is 8. The van der Waals surface area contributed by atoms with Crippen LogP contribution in [-0.4, -0.2) is 182 Å². The Hall–Kier alpha value is -13.9. The summed E-state index contributed by atoms with van der Waals surface area (Å²) in [5.74, 6) is -1.32. The van der Waals surface area contributed by atoms with Gasteiger partial charge in [0.05, 0.1) is 56.7 Å². The molecule has 4 aliphatic heterocycles. The number of aliphatic hydroxyl groups excluding tert-OH is 1. The molecule has 36 heteroatoms. The van der Waals surface area contributed by atoms with Gasteiger partial charge in [-0.1, -0.05) is 133 Å². The first-order valence-electron chi connectivity index (χ1n) is 45.5. The summed E-state index contributed by atoms with van der Waals surface area (Å²) in [6, 6.07) is 53.7. The van der Waals surface area contributed by atoms with Gasteiger partial charge in [0.1, 0.15) is 6.04 Å². The summed E-state index contributed by atoms with van der Waals surface area (Å²) < 4.78 is 27.8. The first kappa shape index (κ1) is 105. The summed E-state index contributed by atoms with van der Waals surface area (Å²) in [6.07, 6.45) is 20.8. The number of likely N-dealkylation sites (tertiary alicyclic amines) is 4. The number of piperidine rings is 2. The number of nitro groups is 4. The fraction of sp³-hybridized carbons (Fsp3) is 0.234. The van der Waals surface area contributed by atoms with Crippen molar-refractivity contribution in [1.29, 1.82) is 0 Å². The van der Waals surface area contributed by atoms with E-state index in [4.69, 9.17) is 75.3 Å². The normalized spacial score (nSPS) is 19.8.